The first-order valence-electron chi connectivity index (χ1n) is 8.13. The van der Waals surface area contributed by atoms with Gasteiger partial charge in [-0.15, -0.1) is 0 Å². The van der Waals surface area contributed by atoms with Crippen LogP contribution in [0.25, 0.3) is 0 Å². The van der Waals surface area contributed by atoms with Crippen molar-refractivity contribution >= 4 is 5.91 Å². The first kappa shape index (κ1) is 15.5. The predicted octanol–water partition coefficient (Wildman–Crippen LogP) is 1.74. The molecule has 2 heterocycles. The molecule has 0 aromatic carbocycles. The van der Waals surface area contributed by atoms with Gasteiger partial charge >= 0.3 is 0 Å². The highest BCUT2D eigenvalue weighted by Crippen LogP contribution is 2.31. The summed E-state index contributed by atoms with van der Waals surface area (Å²) in [5.41, 5.74) is 2.61. The number of hydrogen-bond acceptors (Lipinski definition) is 4. The summed E-state index contributed by atoms with van der Waals surface area (Å²) in [7, 11) is 1.83. The Morgan fingerprint density at radius 2 is 2.18 bits per heavy atom. The van der Waals surface area contributed by atoms with E-state index >= 15 is 0 Å². The lowest BCUT2D eigenvalue weighted by Crippen LogP contribution is -2.48. The first-order chi connectivity index (χ1) is 10.5. The number of amides is 1. The Morgan fingerprint density at radius 1 is 1.45 bits per heavy atom. The fourth-order valence-corrected chi connectivity index (χ4v) is 3.46. The zero-order valence-corrected chi connectivity index (χ0v) is 13.8. The van der Waals surface area contributed by atoms with E-state index in [-0.39, 0.29) is 24.2 Å². The SMILES string of the molecule is CCOC1CC(NC(=O)c2c3c(nn2C)[C@H](C)O[C@H](C)C3)C1. The highest BCUT2D eigenvalue weighted by Gasteiger charge is 2.35. The summed E-state index contributed by atoms with van der Waals surface area (Å²) < 4.78 is 13.0. The zero-order chi connectivity index (χ0) is 15.9. The van der Waals surface area contributed by atoms with Crippen LogP contribution in [-0.2, 0) is 22.9 Å². The van der Waals surface area contributed by atoms with Crippen LogP contribution in [0.4, 0.5) is 0 Å². The normalized spacial score (nSPS) is 30.5. The van der Waals surface area contributed by atoms with Crippen molar-refractivity contribution in [2.75, 3.05) is 6.61 Å². The van der Waals surface area contributed by atoms with Gasteiger partial charge in [0.15, 0.2) is 0 Å². The van der Waals surface area contributed by atoms with Gasteiger partial charge in [-0.05, 0) is 33.6 Å². The molecule has 0 spiro atoms. The predicted molar refractivity (Wildman–Crippen MR) is 81.8 cm³/mol. The lowest BCUT2D eigenvalue weighted by atomic mass is 9.89. The molecule has 6 heteroatoms. The van der Waals surface area contributed by atoms with Crippen molar-refractivity contribution < 1.29 is 14.3 Å². The summed E-state index contributed by atoms with van der Waals surface area (Å²) in [6.07, 6.45) is 2.89. The fourth-order valence-electron chi connectivity index (χ4n) is 3.46. The van der Waals surface area contributed by atoms with Gasteiger partial charge in [0.2, 0.25) is 0 Å². The molecule has 3 rings (SSSR count). The van der Waals surface area contributed by atoms with Crippen LogP contribution in [0, 0.1) is 0 Å². The van der Waals surface area contributed by atoms with Gasteiger partial charge in [-0.2, -0.15) is 5.10 Å². The highest BCUT2D eigenvalue weighted by molar-refractivity contribution is 5.94. The molecule has 0 radical (unpaired) electrons. The third-order valence-corrected chi connectivity index (χ3v) is 4.54. The number of ether oxygens (including phenoxy) is 2. The maximum absolute atomic E-state index is 12.6. The number of aryl methyl sites for hydroxylation is 1. The van der Waals surface area contributed by atoms with Crippen molar-refractivity contribution in [1.82, 2.24) is 15.1 Å². The summed E-state index contributed by atoms with van der Waals surface area (Å²) in [5, 5.41) is 7.60. The van der Waals surface area contributed by atoms with Crippen molar-refractivity contribution in [3.05, 3.63) is 17.0 Å². The van der Waals surface area contributed by atoms with Crippen LogP contribution in [-0.4, -0.2) is 40.5 Å². The summed E-state index contributed by atoms with van der Waals surface area (Å²) in [4.78, 5) is 12.6. The molecule has 6 nitrogen and oxygen atoms in total. The number of carbonyl (C=O) groups excluding carboxylic acids is 1. The molecule has 1 fully saturated rings. The molecular weight excluding hydrogens is 282 g/mol. The van der Waals surface area contributed by atoms with Crippen LogP contribution >= 0.6 is 0 Å². The monoisotopic (exact) mass is 307 g/mol. The number of carbonyl (C=O) groups is 1. The molecule has 1 amide bonds. The number of aromatic nitrogens is 2. The van der Waals surface area contributed by atoms with Gasteiger partial charge in [0.1, 0.15) is 5.69 Å². The Hall–Kier alpha value is -1.40. The minimum absolute atomic E-state index is 0.0301. The zero-order valence-electron chi connectivity index (χ0n) is 13.8. The van der Waals surface area contributed by atoms with Crippen LogP contribution in [0.2, 0.25) is 0 Å². The Labute approximate surface area is 131 Å². The smallest absolute Gasteiger partial charge is 0.270 e. The van der Waals surface area contributed by atoms with Crippen LogP contribution in [0.5, 0.6) is 0 Å². The minimum atomic E-state index is -0.0578. The minimum Gasteiger partial charge on any atom is -0.378 e. The molecule has 1 aliphatic heterocycles. The third kappa shape index (κ3) is 2.77. The second-order valence-corrected chi connectivity index (χ2v) is 6.35. The highest BCUT2D eigenvalue weighted by atomic mass is 16.5. The maximum Gasteiger partial charge on any atom is 0.270 e. The van der Waals surface area contributed by atoms with Crippen LogP contribution in [0.15, 0.2) is 0 Å². The summed E-state index contributed by atoms with van der Waals surface area (Å²) >= 11 is 0. The molecule has 1 aromatic heterocycles. The Bertz CT molecular complexity index is 563. The van der Waals surface area contributed by atoms with E-state index in [9.17, 15) is 4.79 Å². The summed E-state index contributed by atoms with van der Waals surface area (Å²) in [6, 6.07) is 0.212. The molecule has 122 valence electrons. The molecule has 2 atom stereocenters. The van der Waals surface area contributed by atoms with Gasteiger partial charge in [0.25, 0.3) is 5.91 Å². The van der Waals surface area contributed by atoms with Crippen molar-refractivity contribution in [2.24, 2.45) is 7.05 Å². The van der Waals surface area contributed by atoms with Crippen LogP contribution in [0.3, 0.4) is 0 Å². The quantitative estimate of drug-likeness (QED) is 0.920. The molecule has 1 saturated carbocycles. The Balaban J connectivity index is 1.71. The molecule has 1 N–H and O–H groups in total. The van der Waals surface area contributed by atoms with Gasteiger partial charge in [-0.3, -0.25) is 9.48 Å². The first-order valence-corrected chi connectivity index (χ1v) is 8.13. The van der Waals surface area contributed by atoms with Gasteiger partial charge in [-0.25, -0.2) is 0 Å². The number of hydrogen-bond donors (Lipinski definition) is 1. The largest absolute Gasteiger partial charge is 0.378 e. The topological polar surface area (TPSA) is 65.4 Å². The second kappa shape index (κ2) is 6.01. The lowest BCUT2D eigenvalue weighted by Gasteiger charge is -2.35. The maximum atomic E-state index is 12.6. The summed E-state index contributed by atoms with van der Waals surface area (Å²) in [6.45, 7) is 6.75. The van der Waals surface area contributed by atoms with Gasteiger partial charge in [0, 0.05) is 31.7 Å². The third-order valence-electron chi connectivity index (χ3n) is 4.54. The van der Waals surface area contributed by atoms with Crippen molar-refractivity contribution in [1.29, 1.82) is 0 Å². The number of nitrogens with zero attached hydrogens (tertiary/aromatic N) is 2. The number of fused-ring (bicyclic) bond motifs is 1. The molecule has 22 heavy (non-hydrogen) atoms. The fraction of sp³-hybridized carbons (Fsp3) is 0.750. The standard InChI is InChI=1S/C16H25N3O3/c1-5-21-12-7-11(8-12)17-16(20)15-13-6-9(2)22-10(3)14(13)18-19(15)4/h9-12H,5-8H2,1-4H3,(H,17,20)/t9-,10+,11?,12?/m1/s1. The van der Waals surface area contributed by atoms with Gasteiger partial charge in [-0.1, -0.05) is 0 Å². The Morgan fingerprint density at radius 3 is 2.86 bits per heavy atom. The molecule has 0 unspecified atom stereocenters. The molecule has 1 aromatic rings. The van der Waals surface area contributed by atoms with Crippen LogP contribution < -0.4 is 5.32 Å². The van der Waals surface area contributed by atoms with E-state index in [0.29, 0.717) is 11.8 Å². The van der Waals surface area contributed by atoms with Crippen LogP contribution in [0.1, 0.15) is 61.5 Å². The van der Waals surface area contributed by atoms with Crippen molar-refractivity contribution in [2.45, 2.75) is 64.4 Å². The van der Waals surface area contributed by atoms with E-state index in [0.717, 1.165) is 37.1 Å². The van der Waals surface area contributed by atoms with E-state index < -0.39 is 0 Å². The van der Waals surface area contributed by atoms with E-state index in [1.165, 1.54) is 0 Å². The molecular formula is C16H25N3O3. The van der Waals surface area contributed by atoms with E-state index in [2.05, 4.69) is 10.4 Å². The molecule has 2 aliphatic rings. The second-order valence-electron chi connectivity index (χ2n) is 6.35. The molecule has 0 bridgehead atoms. The molecule has 1 aliphatic carbocycles. The van der Waals surface area contributed by atoms with E-state index in [4.69, 9.17) is 9.47 Å². The average molecular weight is 307 g/mol. The van der Waals surface area contributed by atoms with E-state index in [1.807, 2.05) is 27.8 Å². The van der Waals surface area contributed by atoms with Gasteiger partial charge < -0.3 is 14.8 Å². The lowest BCUT2D eigenvalue weighted by molar-refractivity contribution is -0.00895. The van der Waals surface area contributed by atoms with Crippen molar-refractivity contribution in [3.8, 4) is 0 Å². The number of nitrogens with one attached hydrogen (secondary N) is 1. The average Bonchev–Trinajstić information content (AvgIpc) is 2.73. The summed E-state index contributed by atoms with van der Waals surface area (Å²) in [5.74, 6) is -0.0301. The Kier molecular flexibility index (Phi) is 4.23. The van der Waals surface area contributed by atoms with E-state index in [1.54, 1.807) is 4.68 Å². The molecule has 0 saturated heterocycles. The van der Waals surface area contributed by atoms with Gasteiger partial charge in [0.05, 0.1) is 24.0 Å². The van der Waals surface area contributed by atoms with Crippen molar-refractivity contribution in [3.63, 3.8) is 0 Å². The number of rotatable bonds is 4.